The van der Waals surface area contributed by atoms with Gasteiger partial charge in [-0.25, -0.2) is 0 Å². The monoisotopic (exact) mass is 440 g/mol. The molecule has 2 aromatic heterocycles. The number of fused-ring (bicyclic) bond motifs is 1. The molecule has 0 saturated carbocycles. The Morgan fingerprint density at radius 3 is 2.25 bits per heavy atom. The van der Waals surface area contributed by atoms with Crippen molar-refractivity contribution in [2.45, 2.75) is 38.8 Å². The Balaban J connectivity index is 1.16. The second-order valence-corrected chi connectivity index (χ2v) is 7.41. The van der Waals surface area contributed by atoms with Crippen LogP contribution in [-0.4, -0.2) is 45.3 Å². The van der Waals surface area contributed by atoms with Crippen LogP contribution in [0.1, 0.15) is 56.5 Å². The third-order valence-corrected chi connectivity index (χ3v) is 5.02. The van der Waals surface area contributed by atoms with Crippen molar-refractivity contribution in [3.05, 3.63) is 70.4 Å². The van der Waals surface area contributed by atoms with E-state index in [1.807, 2.05) is 6.07 Å². The van der Waals surface area contributed by atoms with Crippen LogP contribution in [-0.2, 0) is 30.8 Å². The molecular formula is C22H24N4O6. The van der Waals surface area contributed by atoms with Crippen LogP contribution in [0.15, 0.2) is 45.4 Å². The molecule has 1 aliphatic heterocycles. The van der Waals surface area contributed by atoms with Gasteiger partial charge in [-0.15, -0.1) is 0 Å². The maximum Gasteiger partial charge on any atom is 0.261 e. The number of benzene rings is 1. The molecule has 0 spiro atoms. The number of nitrogens with zero attached hydrogens (tertiary/aromatic N) is 3. The van der Waals surface area contributed by atoms with Crippen molar-refractivity contribution in [2.75, 3.05) is 13.2 Å². The summed E-state index contributed by atoms with van der Waals surface area (Å²) in [6.45, 7) is 1.05. The largest absolute Gasteiger partial charge is 0.396 e. The predicted molar refractivity (Wildman–Crippen MR) is 110 cm³/mol. The molecule has 3 heterocycles. The number of hydroxylamine groups is 1. The zero-order valence-corrected chi connectivity index (χ0v) is 17.5. The average Bonchev–Trinajstić information content (AvgIpc) is 3.51. The summed E-state index contributed by atoms with van der Waals surface area (Å²) in [6.07, 6.45) is 2.58. The molecule has 4 rings (SSSR count). The van der Waals surface area contributed by atoms with Crippen molar-refractivity contribution in [1.82, 2.24) is 20.7 Å². The summed E-state index contributed by atoms with van der Waals surface area (Å²) in [6, 6.07) is 10.4. The number of carbonyl (C=O) groups excluding carboxylic acids is 2. The molecule has 168 valence electrons. The highest BCUT2D eigenvalue weighted by molar-refractivity contribution is 6.21. The van der Waals surface area contributed by atoms with E-state index >= 15 is 0 Å². The minimum absolute atomic E-state index is 0.0753. The fourth-order valence-corrected chi connectivity index (χ4v) is 3.42. The molecule has 0 radical (unpaired) electrons. The number of aryl methyl sites for hydroxylation is 2. The van der Waals surface area contributed by atoms with Gasteiger partial charge < -0.3 is 19.0 Å². The van der Waals surface area contributed by atoms with E-state index in [0.29, 0.717) is 61.4 Å². The van der Waals surface area contributed by atoms with E-state index in [0.717, 1.165) is 11.5 Å². The number of carbonyl (C=O) groups is 2. The summed E-state index contributed by atoms with van der Waals surface area (Å²) >= 11 is 0. The molecule has 0 fully saturated rings. The van der Waals surface area contributed by atoms with Gasteiger partial charge in [-0.3, -0.25) is 14.5 Å². The first-order chi connectivity index (χ1) is 15.7. The van der Waals surface area contributed by atoms with E-state index in [9.17, 15) is 9.59 Å². The zero-order chi connectivity index (χ0) is 22.3. The van der Waals surface area contributed by atoms with E-state index in [-0.39, 0.29) is 25.0 Å². The number of aliphatic hydroxyl groups excluding tert-OH is 1. The average molecular weight is 440 g/mol. The smallest absolute Gasteiger partial charge is 0.261 e. The number of imide groups is 1. The summed E-state index contributed by atoms with van der Waals surface area (Å²) in [7, 11) is 0. The summed E-state index contributed by atoms with van der Waals surface area (Å²) in [5.74, 6) is 0.757. The lowest BCUT2D eigenvalue weighted by Gasteiger charge is -2.10. The molecule has 1 aromatic carbocycles. The molecule has 0 atom stereocenters. The molecule has 2 amide bonds. The van der Waals surface area contributed by atoms with Crippen molar-refractivity contribution in [3.8, 4) is 0 Å². The number of amides is 2. The Morgan fingerprint density at radius 1 is 0.938 bits per heavy atom. The van der Waals surface area contributed by atoms with Crippen LogP contribution in [0, 0.1) is 0 Å². The van der Waals surface area contributed by atoms with Crippen molar-refractivity contribution < 1.29 is 28.6 Å². The first-order valence-corrected chi connectivity index (χ1v) is 10.5. The van der Waals surface area contributed by atoms with Gasteiger partial charge in [-0.2, -0.15) is 5.48 Å². The Bertz CT molecular complexity index is 1040. The van der Waals surface area contributed by atoms with Crippen LogP contribution in [0.5, 0.6) is 0 Å². The SMILES string of the molecule is O=C1c2ccccc2C(=O)N1Cc1cc(CCCONCc2cc(CCCO)on2)on1. The van der Waals surface area contributed by atoms with Crippen molar-refractivity contribution in [3.63, 3.8) is 0 Å². The first-order valence-electron chi connectivity index (χ1n) is 10.5. The van der Waals surface area contributed by atoms with E-state index < -0.39 is 0 Å². The van der Waals surface area contributed by atoms with Crippen LogP contribution in [0.4, 0.5) is 0 Å². The van der Waals surface area contributed by atoms with Crippen LogP contribution in [0.25, 0.3) is 0 Å². The molecule has 0 aliphatic carbocycles. The zero-order valence-electron chi connectivity index (χ0n) is 17.5. The normalized spacial score (nSPS) is 13.2. The molecule has 1 aliphatic rings. The third kappa shape index (κ3) is 5.10. The van der Waals surface area contributed by atoms with Gasteiger partial charge in [-0.05, 0) is 25.0 Å². The molecule has 0 saturated heterocycles. The summed E-state index contributed by atoms with van der Waals surface area (Å²) < 4.78 is 10.5. The van der Waals surface area contributed by atoms with E-state index in [1.165, 1.54) is 4.90 Å². The molecular weight excluding hydrogens is 416 g/mol. The highest BCUT2D eigenvalue weighted by atomic mass is 16.6. The van der Waals surface area contributed by atoms with Crippen molar-refractivity contribution >= 4 is 11.8 Å². The van der Waals surface area contributed by atoms with Crippen LogP contribution < -0.4 is 5.48 Å². The van der Waals surface area contributed by atoms with E-state index in [4.69, 9.17) is 19.0 Å². The fraction of sp³-hybridized carbons (Fsp3) is 0.364. The Labute approximate surface area is 184 Å². The molecule has 0 bridgehead atoms. The molecule has 2 N–H and O–H groups in total. The lowest BCUT2D eigenvalue weighted by atomic mass is 10.1. The number of aromatic nitrogens is 2. The van der Waals surface area contributed by atoms with E-state index in [2.05, 4.69) is 15.8 Å². The minimum atomic E-state index is -0.317. The standard InChI is InChI=1S/C22H24N4O6/c27-9-3-5-17-11-15(24-31-17)13-23-30-10-4-6-18-12-16(25-32-18)14-26-21(28)19-7-1-2-8-20(19)22(26)29/h1-2,7-8,11-12,23,27H,3-6,9-10,13-14H2. The van der Waals surface area contributed by atoms with Crippen LogP contribution in [0.2, 0.25) is 0 Å². The minimum Gasteiger partial charge on any atom is -0.396 e. The van der Waals surface area contributed by atoms with Gasteiger partial charge in [0.2, 0.25) is 0 Å². The van der Waals surface area contributed by atoms with Gasteiger partial charge in [-0.1, -0.05) is 22.4 Å². The Kier molecular flexibility index (Phi) is 7.05. The van der Waals surface area contributed by atoms with Gasteiger partial charge in [0, 0.05) is 31.6 Å². The highest BCUT2D eigenvalue weighted by Crippen LogP contribution is 2.24. The number of rotatable bonds is 12. The summed E-state index contributed by atoms with van der Waals surface area (Å²) in [4.78, 5) is 31.5. The van der Waals surface area contributed by atoms with Gasteiger partial charge in [0.25, 0.3) is 11.8 Å². The second kappa shape index (κ2) is 10.3. The molecule has 10 nitrogen and oxygen atoms in total. The summed E-state index contributed by atoms with van der Waals surface area (Å²) in [5.41, 5.74) is 4.91. The second-order valence-electron chi connectivity index (χ2n) is 7.41. The van der Waals surface area contributed by atoms with Crippen LogP contribution in [0.3, 0.4) is 0 Å². The number of nitrogens with one attached hydrogen (secondary N) is 1. The number of aliphatic hydroxyl groups is 1. The molecule has 0 unspecified atom stereocenters. The fourth-order valence-electron chi connectivity index (χ4n) is 3.42. The lowest BCUT2D eigenvalue weighted by Crippen LogP contribution is -2.29. The van der Waals surface area contributed by atoms with Gasteiger partial charge in [0.05, 0.1) is 36.5 Å². The number of hydrogen-bond donors (Lipinski definition) is 2. The quantitative estimate of drug-likeness (QED) is 0.247. The van der Waals surface area contributed by atoms with Crippen LogP contribution >= 0.6 is 0 Å². The first kappa shape index (κ1) is 21.9. The van der Waals surface area contributed by atoms with E-state index in [1.54, 1.807) is 30.3 Å². The lowest BCUT2D eigenvalue weighted by molar-refractivity contribution is 0.0334. The van der Waals surface area contributed by atoms with Gasteiger partial charge in [0.1, 0.15) is 17.2 Å². The summed E-state index contributed by atoms with van der Waals surface area (Å²) in [5, 5.41) is 16.7. The predicted octanol–water partition coefficient (Wildman–Crippen LogP) is 2.04. The van der Waals surface area contributed by atoms with Crippen molar-refractivity contribution in [1.29, 1.82) is 0 Å². The molecule has 3 aromatic rings. The van der Waals surface area contributed by atoms with Crippen molar-refractivity contribution in [2.24, 2.45) is 0 Å². The van der Waals surface area contributed by atoms with Gasteiger partial charge >= 0.3 is 0 Å². The topological polar surface area (TPSA) is 131 Å². The Hall–Kier alpha value is -3.34. The highest BCUT2D eigenvalue weighted by Gasteiger charge is 2.35. The maximum absolute atomic E-state index is 12.4. The number of hydrogen-bond acceptors (Lipinski definition) is 9. The third-order valence-electron chi connectivity index (χ3n) is 5.02. The Morgan fingerprint density at radius 2 is 1.56 bits per heavy atom. The molecule has 32 heavy (non-hydrogen) atoms. The maximum atomic E-state index is 12.4. The van der Waals surface area contributed by atoms with Gasteiger partial charge in [0.15, 0.2) is 0 Å². The molecule has 10 heteroatoms.